The SMILES string of the molecule is Cl.NC(N=C(Nc1ccc(Cl)cc1)N1CCOCC1)c1ccccc1. The zero-order valence-corrected chi connectivity index (χ0v) is 15.3. The highest BCUT2D eigenvalue weighted by Crippen LogP contribution is 2.16. The van der Waals surface area contributed by atoms with E-state index in [1.54, 1.807) is 0 Å². The van der Waals surface area contributed by atoms with Crippen LogP contribution in [0.4, 0.5) is 5.69 Å². The molecule has 2 aromatic rings. The monoisotopic (exact) mass is 380 g/mol. The van der Waals surface area contributed by atoms with Crippen LogP contribution in [0.5, 0.6) is 0 Å². The second-order valence-electron chi connectivity index (χ2n) is 5.54. The zero-order chi connectivity index (χ0) is 16.8. The van der Waals surface area contributed by atoms with Crippen LogP contribution in [0.1, 0.15) is 11.7 Å². The van der Waals surface area contributed by atoms with Gasteiger partial charge in [-0.05, 0) is 29.8 Å². The van der Waals surface area contributed by atoms with Gasteiger partial charge < -0.3 is 20.7 Å². The number of ether oxygens (including phenoxy) is 1. The lowest BCUT2D eigenvalue weighted by Gasteiger charge is -2.31. The van der Waals surface area contributed by atoms with E-state index in [1.807, 2.05) is 54.6 Å². The van der Waals surface area contributed by atoms with Gasteiger partial charge in [-0.3, -0.25) is 0 Å². The summed E-state index contributed by atoms with van der Waals surface area (Å²) >= 11 is 5.96. The maximum Gasteiger partial charge on any atom is 0.200 e. The molecular formula is C18H22Cl2N4O. The molecule has 0 spiro atoms. The molecule has 7 heteroatoms. The standard InChI is InChI=1S/C18H21ClN4O.ClH/c19-15-6-8-16(9-7-15)21-18(23-10-12-24-13-11-23)22-17(20)14-4-2-1-3-5-14;/h1-9,17H,10-13,20H2,(H,21,22);1H. The second-order valence-corrected chi connectivity index (χ2v) is 5.98. The molecule has 1 aliphatic heterocycles. The highest BCUT2D eigenvalue weighted by molar-refractivity contribution is 6.30. The van der Waals surface area contributed by atoms with Crippen LogP contribution in [-0.4, -0.2) is 37.2 Å². The number of nitrogens with zero attached hydrogens (tertiary/aromatic N) is 2. The normalized spacial score (nSPS) is 16.1. The Morgan fingerprint density at radius 3 is 2.36 bits per heavy atom. The first-order chi connectivity index (χ1) is 11.7. The van der Waals surface area contributed by atoms with E-state index >= 15 is 0 Å². The Bertz CT molecular complexity index is 673. The lowest BCUT2D eigenvalue weighted by Crippen LogP contribution is -2.44. The number of aliphatic imine (C=N–C) groups is 1. The number of rotatable bonds is 3. The third kappa shape index (κ3) is 5.61. The average Bonchev–Trinajstić information content (AvgIpc) is 2.64. The molecule has 134 valence electrons. The quantitative estimate of drug-likeness (QED) is 0.631. The lowest BCUT2D eigenvalue weighted by molar-refractivity contribution is 0.0678. The number of hydrogen-bond acceptors (Lipinski definition) is 3. The van der Waals surface area contributed by atoms with Crippen molar-refractivity contribution in [3.63, 3.8) is 0 Å². The fourth-order valence-electron chi connectivity index (χ4n) is 2.49. The minimum atomic E-state index is -0.427. The van der Waals surface area contributed by atoms with Gasteiger partial charge in [0.05, 0.1) is 13.2 Å². The summed E-state index contributed by atoms with van der Waals surface area (Å²) in [5, 5.41) is 4.06. The van der Waals surface area contributed by atoms with Crippen molar-refractivity contribution >= 4 is 35.7 Å². The van der Waals surface area contributed by atoms with E-state index in [2.05, 4.69) is 10.2 Å². The number of benzene rings is 2. The van der Waals surface area contributed by atoms with Gasteiger partial charge in [-0.15, -0.1) is 12.4 Å². The molecule has 1 saturated heterocycles. The van der Waals surface area contributed by atoms with Gasteiger partial charge in [-0.1, -0.05) is 41.9 Å². The van der Waals surface area contributed by atoms with E-state index in [-0.39, 0.29) is 12.4 Å². The first-order valence-electron chi connectivity index (χ1n) is 7.96. The number of halogens is 2. The third-order valence-electron chi connectivity index (χ3n) is 3.81. The number of hydrogen-bond donors (Lipinski definition) is 2. The molecule has 1 atom stereocenters. The van der Waals surface area contributed by atoms with Gasteiger partial charge >= 0.3 is 0 Å². The van der Waals surface area contributed by atoms with Gasteiger partial charge in [0.1, 0.15) is 6.17 Å². The molecule has 0 bridgehead atoms. The number of nitrogens with two attached hydrogens (primary N) is 1. The van der Waals surface area contributed by atoms with Crippen molar-refractivity contribution in [3.8, 4) is 0 Å². The van der Waals surface area contributed by atoms with Crippen LogP contribution >= 0.6 is 24.0 Å². The van der Waals surface area contributed by atoms with Crippen LogP contribution in [0.15, 0.2) is 59.6 Å². The second kappa shape index (κ2) is 9.63. The smallest absolute Gasteiger partial charge is 0.200 e. The molecule has 0 amide bonds. The number of nitrogens with one attached hydrogen (secondary N) is 1. The molecule has 0 saturated carbocycles. The van der Waals surface area contributed by atoms with Crippen molar-refractivity contribution in [3.05, 3.63) is 65.2 Å². The lowest BCUT2D eigenvalue weighted by atomic mass is 10.2. The fraction of sp³-hybridized carbons (Fsp3) is 0.278. The van der Waals surface area contributed by atoms with Crippen LogP contribution in [0.2, 0.25) is 5.02 Å². The Hall–Kier alpha value is -1.79. The fourth-order valence-corrected chi connectivity index (χ4v) is 2.61. The van der Waals surface area contributed by atoms with Gasteiger partial charge in [0, 0.05) is 23.8 Å². The summed E-state index contributed by atoms with van der Waals surface area (Å²) in [4.78, 5) is 6.86. The molecule has 0 aliphatic carbocycles. The maximum absolute atomic E-state index is 6.27. The highest BCUT2D eigenvalue weighted by Gasteiger charge is 2.17. The highest BCUT2D eigenvalue weighted by atomic mass is 35.5. The molecule has 3 rings (SSSR count). The molecule has 2 aromatic carbocycles. The minimum absolute atomic E-state index is 0. The third-order valence-corrected chi connectivity index (χ3v) is 4.07. The number of guanidine groups is 1. The van der Waals surface area contributed by atoms with Crippen LogP contribution in [0.25, 0.3) is 0 Å². The average molecular weight is 381 g/mol. The largest absolute Gasteiger partial charge is 0.378 e. The molecule has 25 heavy (non-hydrogen) atoms. The molecular weight excluding hydrogens is 359 g/mol. The Labute approximate surface area is 159 Å². The van der Waals surface area contributed by atoms with Gasteiger partial charge in [-0.2, -0.15) is 0 Å². The summed E-state index contributed by atoms with van der Waals surface area (Å²) in [5.41, 5.74) is 8.17. The van der Waals surface area contributed by atoms with E-state index in [1.165, 1.54) is 0 Å². The van der Waals surface area contributed by atoms with Crippen molar-refractivity contribution in [1.29, 1.82) is 0 Å². The molecule has 1 aliphatic rings. The van der Waals surface area contributed by atoms with Crippen LogP contribution in [0.3, 0.4) is 0 Å². The summed E-state index contributed by atoms with van der Waals surface area (Å²) in [6, 6.07) is 17.4. The molecule has 1 heterocycles. The van der Waals surface area contributed by atoms with Gasteiger partial charge in [0.2, 0.25) is 5.96 Å². The van der Waals surface area contributed by atoms with Gasteiger partial charge in [0.15, 0.2) is 0 Å². The van der Waals surface area contributed by atoms with Gasteiger partial charge in [0.25, 0.3) is 0 Å². The van der Waals surface area contributed by atoms with Crippen LogP contribution in [-0.2, 0) is 4.74 Å². The first-order valence-corrected chi connectivity index (χ1v) is 8.34. The van der Waals surface area contributed by atoms with E-state index < -0.39 is 6.17 Å². The molecule has 0 radical (unpaired) electrons. The Kier molecular flexibility index (Phi) is 7.52. The molecule has 1 unspecified atom stereocenters. The van der Waals surface area contributed by atoms with Crippen LogP contribution < -0.4 is 11.1 Å². The summed E-state index contributed by atoms with van der Waals surface area (Å²) in [6.07, 6.45) is -0.427. The predicted molar refractivity (Wildman–Crippen MR) is 106 cm³/mol. The molecule has 5 nitrogen and oxygen atoms in total. The molecule has 3 N–H and O–H groups in total. The van der Waals surface area contributed by atoms with E-state index in [0.717, 1.165) is 30.3 Å². The van der Waals surface area contributed by atoms with E-state index in [0.29, 0.717) is 18.2 Å². The summed E-state index contributed by atoms with van der Waals surface area (Å²) in [5.74, 6) is 0.747. The molecule has 0 aromatic heterocycles. The van der Waals surface area contributed by atoms with Crippen LogP contribution in [0, 0.1) is 0 Å². The number of morpholine rings is 1. The van der Waals surface area contributed by atoms with Crippen molar-refractivity contribution < 1.29 is 4.74 Å². The zero-order valence-electron chi connectivity index (χ0n) is 13.8. The van der Waals surface area contributed by atoms with Crippen molar-refractivity contribution in [2.75, 3.05) is 31.6 Å². The number of anilines is 1. The van der Waals surface area contributed by atoms with E-state index in [4.69, 9.17) is 27.1 Å². The predicted octanol–water partition coefficient (Wildman–Crippen LogP) is 3.52. The van der Waals surface area contributed by atoms with Crippen molar-refractivity contribution in [2.24, 2.45) is 10.7 Å². The Balaban J connectivity index is 0.00000225. The minimum Gasteiger partial charge on any atom is -0.378 e. The summed E-state index contributed by atoms with van der Waals surface area (Å²) in [7, 11) is 0. The topological polar surface area (TPSA) is 62.9 Å². The Morgan fingerprint density at radius 2 is 1.72 bits per heavy atom. The summed E-state index contributed by atoms with van der Waals surface area (Å²) < 4.78 is 5.43. The molecule has 1 fully saturated rings. The van der Waals surface area contributed by atoms with Crippen molar-refractivity contribution in [1.82, 2.24) is 4.90 Å². The first kappa shape index (κ1) is 19.5. The maximum atomic E-state index is 6.27. The van der Waals surface area contributed by atoms with E-state index in [9.17, 15) is 0 Å². The van der Waals surface area contributed by atoms with Crippen molar-refractivity contribution in [2.45, 2.75) is 6.17 Å². The summed E-state index contributed by atoms with van der Waals surface area (Å²) in [6.45, 7) is 2.92. The Morgan fingerprint density at radius 1 is 1.08 bits per heavy atom. The van der Waals surface area contributed by atoms with Gasteiger partial charge in [-0.25, -0.2) is 4.99 Å².